The first kappa shape index (κ1) is 20.2. The summed E-state index contributed by atoms with van der Waals surface area (Å²) in [5.41, 5.74) is 0.750. The molecule has 7 heteroatoms. The second kappa shape index (κ2) is 10.1. The van der Waals surface area contributed by atoms with Gasteiger partial charge in [-0.3, -0.25) is 0 Å². The van der Waals surface area contributed by atoms with E-state index in [4.69, 9.17) is 16.0 Å². The third kappa shape index (κ3) is 5.71. The molecule has 1 aromatic carbocycles. The van der Waals surface area contributed by atoms with Crippen molar-refractivity contribution in [1.82, 2.24) is 9.78 Å². The van der Waals surface area contributed by atoms with Crippen LogP contribution in [-0.2, 0) is 13.1 Å². The molecule has 5 nitrogen and oxygen atoms in total. The molecule has 0 radical (unpaired) electrons. The summed E-state index contributed by atoms with van der Waals surface area (Å²) in [5.74, 6) is -0.0769. The largest absolute Gasteiger partial charge is 1.00 e. The number of hydrogen-bond acceptors (Lipinski definition) is 3. The molecule has 2 heterocycles. The molecule has 0 saturated carbocycles. The molecule has 0 aliphatic carbocycles. The third-order valence-electron chi connectivity index (χ3n) is 4.01. The Morgan fingerprint density at radius 3 is 2.42 bits per heavy atom. The van der Waals surface area contributed by atoms with E-state index >= 15 is 0 Å². The van der Waals surface area contributed by atoms with Crippen LogP contribution >= 0.6 is 11.6 Å². The number of halogens is 2. The van der Waals surface area contributed by atoms with Crippen LogP contribution in [0.5, 0.6) is 0 Å². The minimum Gasteiger partial charge on any atom is -1.00 e. The number of aryl methyl sites for hydroxylation is 2. The standard InChI is InChI=1S/C19H21ClN3O2.ClH/c20-17-10-8-16(9-11-17)18-21-23(19(24)25-18)15-7-2-1-4-12-22-13-5-3-6-14-22;/h3,5-6,8-11,13-14H,1-2,4,7,12,15H2;1H/q+1;/p-1. The Morgan fingerprint density at radius 1 is 1.00 bits per heavy atom. The average molecular weight is 394 g/mol. The molecule has 0 atom stereocenters. The van der Waals surface area contributed by atoms with E-state index in [9.17, 15) is 4.79 Å². The molecule has 0 bridgehead atoms. The van der Waals surface area contributed by atoms with E-state index < -0.39 is 5.76 Å². The highest BCUT2D eigenvalue weighted by Gasteiger charge is 2.10. The smallest absolute Gasteiger partial charge is 0.437 e. The van der Waals surface area contributed by atoms with E-state index in [1.165, 1.54) is 4.68 Å². The Labute approximate surface area is 163 Å². The van der Waals surface area contributed by atoms with Gasteiger partial charge in [0.05, 0.1) is 0 Å². The van der Waals surface area contributed by atoms with E-state index in [-0.39, 0.29) is 12.4 Å². The summed E-state index contributed by atoms with van der Waals surface area (Å²) in [4.78, 5) is 11.9. The Kier molecular flexibility index (Phi) is 7.88. The molecule has 3 rings (SSSR count). The fourth-order valence-corrected chi connectivity index (χ4v) is 2.78. The zero-order valence-electron chi connectivity index (χ0n) is 14.4. The van der Waals surface area contributed by atoms with E-state index in [1.54, 1.807) is 24.3 Å². The number of aromatic nitrogens is 3. The van der Waals surface area contributed by atoms with Gasteiger partial charge < -0.3 is 16.8 Å². The molecule has 0 amide bonds. The van der Waals surface area contributed by atoms with Gasteiger partial charge in [0.2, 0.25) is 5.89 Å². The van der Waals surface area contributed by atoms with Gasteiger partial charge in [0.25, 0.3) is 0 Å². The maximum Gasteiger partial charge on any atom is 0.437 e. The lowest BCUT2D eigenvalue weighted by molar-refractivity contribution is -0.697. The van der Waals surface area contributed by atoms with Gasteiger partial charge >= 0.3 is 5.76 Å². The van der Waals surface area contributed by atoms with E-state index in [2.05, 4.69) is 22.1 Å². The van der Waals surface area contributed by atoms with Gasteiger partial charge in [-0.1, -0.05) is 24.1 Å². The van der Waals surface area contributed by atoms with Crippen molar-refractivity contribution in [2.45, 2.75) is 38.8 Å². The minimum absolute atomic E-state index is 0. The molecule has 26 heavy (non-hydrogen) atoms. The summed E-state index contributed by atoms with van der Waals surface area (Å²) in [7, 11) is 0. The van der Waals surface area contributed by atoms with Crippen LogP contribution in [0, 0.1) is 0 Å². The maximum absolute atomic E-state index is 11.9. The molecule has 0 aliphatic heterocycles. The van der Waals surface area contributed by atoms with Crippen molar-refractivity contribution in [3.8, 4) is 11.5 Å². The van der Waals surface area contributed by atoms with Crippen molar-refractivity contribution in [3.05, 3.63) is 70.4 Å². The maximum atomic E-state index is 11.9. The molecular weight excluding hydrogens is 373 g/mol. The van der Waals surface area contributed by atoms with Crippen LogP contribution in [0.15, 0.2) is 64.1 Å². The van der Waals surface area contributed by atoms with Crippen molar-refractivity contribution in [2.75, 3.05) is 0 Å². The molecule has 0 saturated heterocycles. The highest BCUT2D eigenvalue weighted by molar-refractivity contribution is 6.30. The number of benzene rings is 1. The third-order valence-corrected chi connectivity index (χ3v) is 4.26. The monoisotopic (exact) mass is 393 g/mol. The lowest BCUT2D eigenvalue weighted by Gasteiger charge is -2.00. The van der Waals surface area contributed by atoms with E-state index in [1.807, 2.05) is 18.2 Å². The summed E-state index contributed by atoms with van der Waals surface area (Å²) in [5, 5.41) is 4.90. The predicted octanol–water partition coefficient (Wildman–Crippen LogP) is 0.709. The molecule has 3 aromatic rings. The van der Waals surface area contributed by atoms with Gasteiger partial charge in [-0.15, -0.1) is 5.10 Å². The van der Waals surface area contributed by atoms with Crippen LogP contribution in [0.1, 0.15) is 25.7 Å². The van der Waals surface area contributed by atoms with Crippen molar-refractivity contribution >= 4 is 11.6 Å². The van der Waals surface area contributed by atoms with Crippen LogP contribution in [0.25, 0.3) is 11.5 Å². The van der Waals surface area contributed by atoms with Gasteiger partial charge in [-0.25, -0.2) is 9.36 Å². The van der Waals surface area contributed by atoms with Crippen LogP contribution in [0.4, 0.5) is 0 Å². The number of rotatable bonds is 8. The first-order valence-corrected chi connectivity index (χ1v) is 8.88. The summed E-state index contributed by atoms with van der Waals surface area (Å²) < 4.78 is 8.81. The van der Waals surface area contributed by atoms with Gasteiger partial charge in [0, 0.05) is 35.7 Å². The van der Waals surface area contributed by atoms with Crippen LogP contribution in [-0.4, -0.2) is 9.78 Å². The number of unbranched alkanes of at least 4 members (excludes halogenated alkanes) is 3. The second-order valence-corrected chi connectivity index (χ2v) is 6.37. The number of pyridine rings is 1. The molecule has 2 aromatic heterocycles. The topological polar surface area (TPSA) is 51.9 Å². The van der Waals surface area contributed by atoms with Gasteiger partial charge in [0.1, 0.15) is 6.54 Å². The predicted molar refractivity (Wildman–Crippen MR) is 96.3 cm³/mol. The molecule has 0 unspecified atom stereocenters. The fraction of sp³-hybridized carbons (Fsp3) is 0.316. The highest BCUT2D eigenvalue weighted by atomic mass is 35.5. The van der Waals surface area contributed by atoms with Gasteiger partial charge in [-0.2, -0.15) is 4.68 Å². The van der Waals surface area contributed by atoms with Crippen molar-refractivity contribution in [2.24, 2.45) is 0 Å². The fourth-order valence-electron chi connectivity index (χ4n) is 2.65. The first-order chi connectivity index (χ1) is 12.2. The summed E-state index contributed by atoms with van der Waals surface area (Å²) in [6.07, 6.45) is 8.37. The molecular formula is C19H21Cl2N3O2. The zero-order chi connectivity index (χ0) is 17.5. The van der Waals surface area contributed by atoms with Crippen molar-refractivity contribution in [3.63, 3.8) is 0 Å². The normalized spacial score (nSPS) is 10.5. The molecule has 0 fully saturated rings. The molecule has 138 valence electrons. The number of nitrogens with zero attached hydrogens (tertiary/aromatic N) is 3. The number of hydrogen-bond donors (Lipinski definition) is 0. The highest BCUT2D eigenvalue weighted by Crippen LogP contribution is 2.18. The summed E-state index contributed by atoms with van der Waals surface area (Å²) >= 11 is 5.87. The van der Waals surface area contributed by atoms with Crippen molar-refractivity contribution in [1.29, 1.82) is 0 Å². The van der Waals surface area contributed by atoms with Crippen LogP contribution < -0.4 is 22.7 Å². The van der Waals surface area contributed by atoms with E-state index in [0.29, 0.717) is 17.5 Å². The second-order valence-electron chi connectivity index (χ2n) is 5.93. The Balaban J connectivity index is 0.00000243. The molecule has 0 aliphatic rings. The lowest BCUT2D eigenvalue weighted by Crippen LogP contribution is -3.00. The van der Waals surface area contributed by atoms with E-state index in [0.717, 1.165) is 37.8 Å². The van der Waals surface area contributed by atoms with Crippen molar-refractivity contribution < 1.29 is 21.4 Å². The first-order valence-electron chi connectivity index (χ1n) is 8.50. The quantitative estimate of drug-likeness (QED) is 0.418. The van der Waals surface area contributed by atoms with Crippen LogP contribution in [0.3, 0.4) is 0 Å². The Hall–Kier alpha value is -2.11. The SMILES string of the molecule is O=c1oc(-c2ccc(Cl)cc2)nn1CCCCCC[n+]1ccccc1.[Cl-]. The zero-order valence-corrected chi connectivity index (χ0v) is 15.9. The lowest BCUT2D eigenvalue weighted by atomic mass is 10.2. The average Bonchev–Trinajstić information content (AvgIpc) is 3.00. The Morgan fingerprint density at radius 2 is 1.69 bits per heavy atom. The molecule has 0 spiro atoms. The minimum atomic E-state index is -0.412. The molecule has 0 N–H and O–H groups in total. The summed E-state index contributed by atoms with van der Waals surface area (Å²) in [6, 6.07) is 13.2. The van der Waals surface area contributed by atoms with Crippen LogP contribution in [0.2, 0.25) is 5.02 Å². The summed E-state index contributed by atoms with van der Waals surface area (Å²) in [6.45, 7) is 1.60. The van der Waals surface area contributed by atoms with Gasteiger partial charge in [-0.05, 0) is 37.1 Å². The van der Waals surface area contributed by atoms with Gasteiger partial charge in [0.15, 0.2) is 12.4 Å². The Bertz CT molecular complexity index is 845.